The molecule has 0 saturated heterocycles. The summed E-state index contributed by atoms with van der Waals surface area (Å²) in [6, 6.07) is -0.193. The first-order valence-electron chi connectivity index (χ1n) is 3.96. The van der Waals surface area contributed by atoms with Crippen molar-refractivity contribution >= 4 is 5.78 Å². The van der Waals surface area contributed by atoms with Crippen molar-refractivity contribution in [3.8, 4) is 0 Å². The topological polar surface area (TPSA) is 47.6 Å². The number of Topliss-reactive ketones (excluding diaryl/α,β-unsaturated/α-hetero) is 1. The number of ether oxygens (including phenoxy) is 2. The summed E-state index contributed by atoms with van der Waals surface area (Å²) >= 11 is 0. The number of carbonyl (C=O) groups excluding carboxylic acids is 1. The summed E-state index contributed by atoms with van der Waals surface area (Å²) in [4.78, 5) is 10.9. The van der Waals surface area contributed by atoms with Crippen LogP contribution in [0.3, 0.4) is 0 Å². The number of ketones is 1. The van der Waals surface area contributed by atoms with Crippen molar-refractivity contribution in [3.05, 3.63) is 0 Å². The molecule has 0 rings (SSSR count). The summed E-state index contributed by atoms with van der Waals surface area (Å²) in [6.45, 7) is 3.05. The number of hydrogen-bond donors (Lipinski definition) is 1. The van der Waals surface area contributed by atoms with E-state index in [1.165, 1.54) is 0 Å². The molecule has 4 nitrogen and oxygen atoms in total. The van der Waals surface area contributed by atoms with Gasteiger partial charge >= 0.3 is 0 Å². The van der Waals surface area contributed by atoms with Crippen molar-refractivity contribution in [1.29, 1.82) is 0 Å². The fourth-order valence-electron chi connectivity index (χ4n) is 0.747. The van der Waals surface area contributed by atoms with Crippen LogP contribution in [-0.2, 0) is 14.3 Å². The summed E-state index contributed by atoms with van der Waals surface area (Å²) in [5.41, 5.74) is 0. The van der Waals surface area contributed by atoms with Gasteiger partial charge in [0.25, 0.3) is 0 Å². The second kappa shape index (κ2) is 7.21. The molecule has 1 unspecified atom stereocenters. The third kappa shape index (κ3) is 5.23. The SMILES string of the molecule is CNC(COCCOC)C(C)=O. The summed E-state index contributed by atoms with van der Waals surface area (Å²) in [5.74, 6) is 0.0925. The van der Waals surface area contributed by atoms with Gasteiger partial charge in [0.15, 0.2) is 0 Å². The molecule has 1 atom stereocenters. The number of rotatable bonds is 7. The van der Waals surface area contributed by atoms with Crippen LogP contribution in [0.1, 0.15) is 6.92 Å². The highest BCUT2D eigenvalue weighted by atomic mass is 16.5. The first kappa shape index (κ1) is 11.6. The van der Waals surface area contributed by atoms with Crippen LogP contribution in [0.4, 0.5) is 0 Å². The summed E-state index contributed by atoms with van der Waals surface area (Å²) in [7, 11) is 3.36. The zero-order valence-corrected chi connectivity index (χ0v) is 7.92. The zero-order valence-electron chi connectivity index (χ0n) is 7.92. The van der Waals surface area contributed by atoms with Gasteiger partial charge in [-0.25, -0.2) is 0 Å². The average molecular weight is 175 g/mol. The first-order valence-corrected chi connectivity index (χ1v) is 3.96. The molecule has 0 radical (unpaired) electrons. The Hall–Kier alpha value is -0.450. The van der Waals surface area contributed by atoms with Crippen molar-refractivity contribution in [2.75, 3.05) is 34.0 Å². The molecule has 0 aliphatic rings. The lowest BCUT2D eigenvalue weighted by molar-refractivity contribution is -0.120. The predicted molar refractivity (Wildman–Crippen MR) is 46.2 cm³/mol. The van der Waals surface area contributed by atoms with Gasteiger partial charge in [-0.05, 0) is 14.0 Å². The largest absolute Gasteiger partial charge is 0.382 e. The number of nitrogens with one attached hydrogen (secondary N) is 1. The molecular formula is C8H17NO3. The van der Waals surface area contributed by atoms with Gasteiger partial charge in [-0.15, -0.1) is 0 Å². The number of hydrogen-bond acceptors (Lipinski definition) is 4. The molecule has 0 spiro atoms. The lowest BCUT2D eigenvalue weighted by Gasteiger charge is -2.12. The molecule has 12 heavy (non-hydrogen) atoms. The Bertz CT molecular complexity index is 127. The van der Waals surface area contributed by atoms with Gasteiger partial charge < -0.3 is 14.8 Å². The molecule has 1 N–H and O–H groups in total. The second-order valence-corrected chi connectivity index (χ2v) is 2.52. The van der Waals surface area contributed by atoms with Crippen LogP contribution in [0.5, 0.6) is 0 Å². The van der Waals surface area contributed by atoms with Gasteiger partial charge in [0.05, 0.1) is 25.9 Å². The van der Waals surface area contributed by atoms with Crippen LogP contribution in [0.25, 0.3) is 0 Å². The molecule has 0 aromatic rings. The van der Waals surface area contributed by atoms with E-state index in [4.69, 9.17) is 9.47 Å². The fraction of sp³-hybridized carbons (Fsp3) is 0.875. The minimum Gasteiger partial charge on any atom is -0.382 e. The molecule has 0 aromatic carbocycles. The van der Waals surface area contributed by atoms with Gasteiger partial charge in [0, 0.05) is 7.11 Å². The van der Waals surface area contributed by atoms with Crippen molar-refractivity contribution in [1.82, 2.24) is 5.32 Å². The third-order valence-corrected chi connectivity index (χ3v) is 1.56. The maximum absolute atomic E-state index is 10.9. The molecule has 0 aromatic heterocycles. The fourth-order valence-corrected chi connectivity index (χ4v) is 0.747. The van der Waals surface area contributed by atoms with E-state index in [0.29, 0.717) is 19.8 Å². The molecule has 72 valence electrons. The van der Waals surface area contributed by atoms with E-state index < -0.39 is 0 Å². The molecule has 0 aliphatic carbocycles. The van der Waals surface area contributed by atoms with Crippen molar-refractivity contribution in [3.63, 3.8) is 0 Å². The highest BCUT2D eigenvalue weighted by Crippen LogP contribution is 1.87. The van der Waals surface area contributed by atoms with Gasteiger partial charge in [0.1, 0.15) is 5.78 Å². The Morgan fingerprint density at radius 1 is 1.50 bits per heavy atom. The Morgan fingerprint density at radius 3 is 2.58 bits per heavy atom. The molecule has 0 fully saturated rings. The summed E-state index contributed by atoms with van der Waals surface area (Å²) in [5, 5.41) is 2.86. The molecule has 0 aliphatic heterocycles. The van der Waals surface area contributed by atoms with E-state index >= 15 is 0 Å². The van der Waals surface area contributed by atoms with E-state index in [0.717, 1.165) is 0 Å². The van der Waals surface area contributed by atoms with Crippen LogP contribution in [0, 0.1) is 0 Å². The summed E-state index contributed by atoms with van der Waals surface area (Å²) in [6.07, 6.45) is 0. The summed E-state index contributed by atoms with van der Waals surface area (Å²) < 4.78 is 9.97. The average Bonchev–Trinajstić information content (AvgIpc) is 2.04. The Morgan fingerprint density at radius 2 is 2.17 bits per heavy atom. The predicted octanol–water partition coefficient (Wildman–Crippen LogP) is -0.174. The van der Waals surface area contributed by atoms with Gasteiger partial charge in [-0.3, -0.25) is 4.79 Å². The van der Waals surface area contributed by atoms with Crippen molar-refractivity contribution < 1.29 is 14.3 Å². The zero-order chi connectivity index (χ0) is 9.40. The third-order valence-electron chi connectivity index (χ3n) is 1.56. The Balaban J connectivity index is 3.38. The highest BCUT2D eigenvalue weighted by Gasteiger charge is 2.10. The minimum absolute atomic E-state index is 0.0925. The van der Waals surface area contributed by atoms with Crippen LogP contribution in [-0.4, -0.2) is 45.8 Å². The maximum Gasteiger partial charge on any atom is 0.149 e. The molecule has 0 saturated carbocycles. The number of carbonyl (C=O) groups is 1. The first-order chi connectivity index (χ1) is 5.72. The normalized spacial score (nSPS) is 12.9. The van der Waals surface area contributed by atoms with E-state index in [1.54, 1.807) is 21.1 Å². The molecular weight excluding hydrogens is 158 g/mol. The second-order valence-electron chi connectivity index (χ2n) is 2.52. The van der Waals surface area contributed by atoms with E-state index in [-0.39, 0.29) is 11.8 Å². The molecule has 0 bridgehead atoms. The van der Waals surface area contributed by atoms with Crippen LogP contribution in [0.15, 0.2) is 0 Å². The van der Waals surface area contributed by atoms with Crippen LogP contribution < -0.4 is 5.32 Å². The quantitative estimate of drug-likeness (QED) is 0.546. The van der Waals surface area contributed by atoms with Gasteiger partial charge in [-0.1, -0.05) is 0 Å². The van der Waals surface area contributed by atoms with Crippen molar-refractivity contribution in [2.45, 2.75) is 13.0 Å². The molecule has 0 heterocycles. The Kier molecular flexibility index (Phi) is 6.94. The smallest absolute Gasteiger partial charge is 0.149 e. The standard InChI is InChI=1S/C8H17NO3/c1-7(10)8(9-2)6-12-5-4-11-3/h8-9H,4-6H2,1-3H3. The van der Waals surface area contributed by atoms with E-state index in [9.17, 15) is 4.79 Å². The van der Waals surface area contributed by atoms with Gasteiger partial charge in [0.2, 0.25) is 0 Å². The molecule has 4 heteroatoms. The lowest BCUT2D eigenvalue weighted by atomic mass is 10.2. The Labute approximate surface area is 73.2 Å². The van der Waals surface area contributed by atoms with Crippen molar-refractivity contribution in [2.24, 2.45) is 0 Å². The highest BCUT2D eigenvalue weighted by molar-refractivity contribution is 5.81. The monoisotopic (exact) mass is 175 g/mol. The lowest BCUT2D eigenvalue weighted by Crippen LogP contribution is -2.37. The van der Waals surface area contributed by atoms with E-state index in [2.05, 4.69) is 5.32 Å². The minimum atomic E-state index is -0.193. The maximum atomic E-state index is 10.9. The number of methoxy groups -OCH3 is 1. The molecule has 0 amide bonds. The van der Waals surface area contributed by atoms with Gasteiger partial charge in [-0.2, -0.15) is 0 Å². The van der Waals surface area contributed by atoms with E-state index in [1.807, 2.05) is 0 Å². The van der Waals surface area contributed by atoms with Crippen LogP contribution in [0.2, 0.25) is 0 Å². The number of likely N-dealkylation sites (N-methyl/N-ethyl adjacent to an activating group) is 1. The van der Waals surface area contributed by atoms with Crippen LogP contribution >= 0.6 is 0 Å².